The smallest absolute Gasteiger partial charge is 0.261 e. The minimum atomic E-state index is -2.46. The summed E-state index contributed by atoms with van der Waals surface area (Å²) in [5.41, 5.74) is 0. The van der Waals surface area contributed by atoms with Gasteiger partial charge in [0.15, 0.2) is 0 Å². The molecule has 1 unspecified atom stereocenters. The lowest BCUT2D eigenvalue weighted by Gasteiger charge is -2.24. The number of ether oxygens (including phenoxy) is 1. The molecule has 1 aliphatic heterocycles. The lowest BCUT2D eigenvalue weighted by Crippen LogP contribution is -2.41. The Kier molecular flexibility index (Phi) is 6.36. The van der Waals surface area contributed by atoms with E-state index < -0.39 is 13.0 Å². The number of carbonyl (C=O) groups excluding carboxylic acids is 1. The highest BCUT2D eigenvalue weighted by atomic mass is 19.3. The maximum absolute atomic E-state index is 11.8. The van der Waals surface area contributed by atoms with E-state index >= 15 is 0 Å². The molecule has 0 aromatic rings. The van der Waals surface area contributed by atoms with Crippen LogP contribution in [0.3, 0.4) is 0 Å². The maximum atomic E-state index is 11.8. The molecule has 1 atom stereocenters. The predicted octanol–water partition coefficient (Wildman–Crippen LogP) is 0.869. The van der Waals surface area contributed by atoms with Crippen LogP contribution in [0.25, 0.3) is 0 Å². The van der Waals surface area contributed by atoms with Crippen molar-refractivity contribution in [2.24, 2.45) is 0 Å². The Labute approximate surface area is 100 Å². The molecule has 0 radical (unpaired) electrons. The summed E-state index contributed by atoms with van der Waals surface area (Å²) in [4.78, 5) is 13.6. The van der Waals surface area contributed by atoms with Crippen LogP contribution in [-0.4, -0.2) is 56.6 Å². The minimum Gasteiger partial charge on any atom is -0.375 e. The van der Waals surface area contributed by atoms with Crippen LogP contribution in [0.5, 0.6) is 0 Å². The van der Waals surface area contributed by atoms with Gasteiger partial charge in [0.1, 0.15) is 6.61 Å². The van der Waals surface area contributed by atoms with Crippen LogP contribution in [0.2, 0.25) is 0 Å². The van der Waals surface area contributed by atoms with Crippen molar-refractivity contribution in [1.82, 2.24) is 10.2 Å². The monoisotopic (exact) mass is 250 g/mol. The molecule has 0 aromatic carbocycles. The summed E-state index contributed by atoms with van der Waals surface area (Å²) >= 11 is 0. The molecule has 4 nitrogen and oxygen atoms in total. The van der Waals surface area contributed by atoms with Gasteiger partial charge in [0, 0.05) is 19.1 Å². The van der Waals surface area contributed by atoms with E-state index in [1.165, 1.54) is 0 Å². The molecule has 1 saturated heterocycles. The number of nitrogens with zero attached hydrogens (tertiary/aromatic N) is 1. The van der Waals surface area contributed by atoms with E-state index in [1.54, 1.807) is 0 Å². The highest BCUT2D eigenvalue weighted by Crippen LogP contribution is 2.17. The van der Waals surface area contributed by atoms with Gasteiger partial charge >= 0.3 is 0 Å². The first kappa shape index (κ1) is 14.3. The van der Waals surface area contributed by atoms with Gasteiger partial charge < -0.3 is 15.0 Å². The fourth-order valence-electron chi connectivity index (χ4n) is 2.09. The molecule has 6 heteroatoms. The van der Waals surface area contributed by atoms with E-state index in [2.05, 4.69) is 5.32 Å². The van der Waals surface area contributed by atoms with Gasteiger partial charge in [0.05, 0.1) is 13.0 Å². The second-order valence-electron chi connectivity index (χ2n) is 4.16. The molecule has 100 valence electrons. The SMILES string of the molecule is CNCC1CCCN1C(=O)CCOCC(F)F. The van der Waals surface area contributed by atoms with Crippen molar-refractivity contribution in [2.75, 3.05) is 33.4 Å². The first-order valence-corrected chi connectivity index (χ1v) is 5.95. The Morgan fingerprint density at radius 1 is 1.59 bits per heavy atom. The highest BCUT2D eigenvalue weighted by molar-refractivity contribution is 5.76. The van der Waals surface area contributed by atoms with Crippen LogP contribution in [0.15, 0.2) is 0 Å². The average molecular weight is 250 g/mol. The largest absolute Gasteiger partial charge is 0.375 e. The number of alkyl halides is 2. The molecule has 0 spiro atoms. The average Bonchev–Trinajstić information content (AvgIpc) is 2.72. The number of halogens is 2. The number of likely N-dealkylation sites (N-methyl/N-ethyl adjacent to an activating group) is 1. The third-order valence-corrected chi connectivity index (χ3v) is 2.84. The number of carbonyl (C=O) groups is 1. The first-order chi connectivity index (χ1) is 8.15. The Balaban J connectivity index is 2.22. The second kappa shape index (κ2) is 7.55. The van der Waals surface area contributed by atoms with Gasteiger partial charge in [-0.1, -0.05) is 0 Å². The molecule has 0 aromatic heterocycles. The molecule has 1 fully saturated rings. The molecule has 1 rings (SSSR count). The Morgan fingerprint density at radius 3 is 3.00 bits per heavy atom. The predicted molar refractivity (Wildman–Crippen MR) is 60.1 cm³/mol. The lowest BCUT2D eigenvalue weighted by molar-refractivity contribution is -0.133. The summed E-state index contributed by atoms with van der Waals surface area (Å²) in [6, 6.07) is 0.239. The van der Waals surface area contributed by atoms with Gasteiger partial charge in [0.25, 0.3) is 6.43 Å². The van der Waals surface area contributed by atoms with Crippen molar-refractivity contribution in [2.45, 2.75) is 31.7 Å². The van der Waals surface area contributed by atoms with Crippen LogP contribution < -0.4 is 5.32 Å². The number of rotatable bonds is 7. The molecule has 0 bridgehead atoms. The van der Waals surface area contributed by atoms with E-state index in [4.69, 9.17) is 4.74 Å². The summed E-state index contributed by atoms with van der Waals surface area (Å²) in [5, 5.41) is 3.05. The summed E-state index contributed by atoms with van der Waals surface area (Å²) in [6.45, 7) is 1.03. The fourth-order valence-corrected chi connectivity index (χ4v) is 2.09. The Hall–Kier alpha value is -0.750. The van der Waals surface area contributed by atoms with Crippen LogP contribution in [0, 0.1) is 0 Å². The standard InChI is InChI=1S/C11H20F2N2O2/c1-14-7-9-3-2-5-15(9)11(16)4-6-17-8-10(12)13/h9-10,14H,2-8H2,1H3. The molecule has 1 aliphatic rings. The molecular weight excluding hydrogens is 230 g/mol. The highest BCUT2D eigenvalue weighted by Gasteiger charge is 2.27. The summed E-state index contributed by atoms with van der Waals surface area (Å²) < 4.78 is 28.3. The second-order valence-corrected chi connectivity index (χ2v) is 4.16. The molecule has 0 aliphatic carbocycles. The molecular formula is C11H20F2N2O2. The zero-order valence-electron chi connectivity index (χ0n) is 10.1. The summed E-state index contributed by atoms with van der Waals surface area (Å²) in [6.07, 6.45) is -0.262. The van der Waals surface area contributed by atoms with E-state index in [0.29, 0.717) is 0 Å². The number of nitrogens with one attached hydrogen (secondary N) is 1. The molecule has 1 heterocycles. The normalized spacial score (nSPS) is 20.2. The van der Waals surface area contributed by atoms with Crippen molar-refractivity contribution < 1.29 is 18.3 Å². The Morgan fingerprint density at radius 2 is 2.35 bits per heavy atom. The molecule has 17 heavy (non-hydrogen) atoms. The molecule has 1 amide bonds. The minimum absolute atomic E-state index is 0.00276. The van der Waals surface area contributed by atoms with E-state index in [-0.39, 0.29) is 25.0 Å². The zero-order valence-corrected chi connectivity index (χ0v) is 10.1. The van der Waals surface area contributed by atoms with Gasteiger partial charge in [-0.05, 0) is 19.9 Å². The van der Waals surface area contributed by atoms with Crippen molar-refractivity contribution in [3.05, 3.63) is 0 Å². The number of amides is 1. The van der Waals surface area contributed by atoms with Crippen LogP contribution in [0.1, 0.15) is 19.3 Å². The number of hydrogen-bond acceptors (Lipinski definition) is 3. The molecule has 0 saturated carbocycles. The van der Waals surface area contributed by atoms with Gasteiger partial charge in [-0.2, -0.15) is 0 Å². The third kappa shape index (κ3) is 4.95. The van der Waals surface area contributed by atoms with Crippen molar-refractivity contribution in [3.63, 3.8) is 0 Å². The van der Waals surface area contributed by atoms with Gasteiger partial charge in [0.2, 0.25) is 5.91 Å². The fraction of sp³-hybridized carbons (Fsp3) is 0.909. The Bertz CT molecular complexity index is 240. The maximum Gasteiger partial charge on any atom is 0.261 e. The van der Waals surface area contributed by atoms with Crippen molar-refractivity contribution >= 4 is 5.91 Å². The summed E-state index contributed by atoms with van der Waals surface area (Å²) in [7, 11) is 1.85. The van der Waals surface area contributed by atoms with Crippen molar-refractivity contribution in [3.8, 4) is 0 Å². The van der Waals surface area contributed by atoms with E-state index in [1.807, 2.05) is 11.9 Å². The summed E-state index contributed by atoms with van der Waals surface area (Å²) in [5.74, 6) is -0.00276. The van der Waals surface area contributed by atoms with E-state index in [9.17, 15) is 13.6 Å². The van der Waals surface area contributed by atoms with Gasteiger partial charge in [-0.15, -0.1) is 0 Å². The quantitative estimate of drug-likeness (QED) is 0.682. The number of hydrogen-bond donors (Lipinski definition) is 1. The van der Waals surface area contributed by atoms with Crippen molar-refractivity contribution in [1.29, 1.82) is 0 Å². The molecule has 1 N–H and O–H groups in total. The van der Waals surface area contributed by atoms with Crippen LogP contribution in [-0.2, 0) is 9.53 Å². The lowest BCUT2D eigenvalue weighted by atomic mass is 10.2. The van der Waals surface area contributed by atoms with Crippen LogP contribution in [0.4, 0.5) is 8.78 Å². The number of likely N-dealkylation sites (tertiary alicyclic amines) is 1. The third-order valence-electron chi connectivity index (χ3n) is 2.84. The van der Waals surface area contributed by atoms with Gasteiger partial charge in [-0.25, -0.2) is 8.78 Å². The first-order valence-electron chi connectivity index (χ1n) is 5.95. The van der Waals surface area contributed by atoms with Crippen LogP contribution >= 0.6 is 0 Å². The van der Waals surface area contributed by atoms with Gasteiger partial charge in [-0.3, -0.25) is 4.79 Å². The topological polar surface area (TPSA) is 41.6 Å². The zero-order chi connectivity index (χ0) is 12.7. The van der Waals surface area contributed by atoms with E-state index in [0.717, 1.165) is 25.9 Å².